The van der Waals surface area contributed by atoms with E-state index in [2.05, 4.69) is 24.3 Å². The van der Waals surface area contributed by atoms with Crippen LogP contribution in [0.4, 0.5) is 5.69 Å². The molecule has 7 nitrogen and oxygen atoms in total. The lowest BCUT2D eigenvalue weighted by molar-refractivity contribution is 0.101. The number of nitrogens with one attached hydrogen (secondary N) is 1. The number of allylic oxidation sites excluding steroid dienone is 1. The van der Waals surface area contributed by atoms with Gasteiger partial charge in [-0.25, -0.2) is 0 Å². The van der Waals surface area contributed by atoms with Gasteiger partial charge in [-0.2, -0.15) is 5.10 Å². The van der Waals surface area contributed by atoms with Crippen LogP contribution in [0.25, 0.3) is 0 Å². The van der Waals surface area contributed by atoms with E-state index in [-0.39, 0.29) is 17.4 Å². The fraction of sp³-hybridized carbons (Fsp3) is 0.296. The number of carbonyl (C=O) groups excluding carboxylic acids is 2. The summed E-state index contributed by atoms with van der Waals surface area (Å²) in [6.45, 7) is 4.46. The quantitative estimate of drug-likeness (QED) is 0.354. The van der Waals surface area contributed by atoms with E-state index in [1.54, 1.807) is 29.0 Å². The summed E-state index contributed by atoms with van der Waals surface area (Å²) in [6, 6.07) is 15.1. The van der Waals surface area contributed by atoms with E-state index in [4.69, 9.17) is 4.74 Å². The van der Waals surface area contributed by atoms with E-state index in [0.29, 0.717) is 12.2 Å². The van der Waals surface area contributed by atoms with Crippen LogP contribution in [0, 0.1) is 0 Å². The maximum Gasteiger partial charge on any atom is 0.276 e. The molecule has 0 aliphatic carbocycles. The largest absolute Gasteiger partial charge is 0.497 e. The second kappa shape index (κ2) is 11.3. The molecule has 3 aromatic rings. The Morgan fingerprint density at radius 1 is 1.06 bits per heavy atom. The van der Waals surface area contributed by atoms with Crippen molar-refractivity contribution in [3.63, 3.8) is 0 Å². The standard InChI is InChI=1S/C27H32N4O3/c1-6-20-9-8-10-21(7-2)26(20)28-27(33)23-17-24(25(32)15-16-30(3)4)31(29-23)18-19-11-13-22(34-5)14-12-19/h8-17H,6-7,18H2,1-5H3,(H,28,33)/b16-15+. The zero-order valence-electron chi connectivity index (χ0n) is 20.5. The first-order valence-electron chi connectivity index (χ1n) is 11.4. The number of para-hydroxylation sites is 1. The Bertz CT molecular complexity index is 1150. The van der Waals surface area contributed by atoms with Crippen molar-refractivity contribution in [2.75, 3.05) is 26.5 Å². The van der Waals surface area contributed by atoms with E-state index in [1.807, 2.05) is 56.6 Å². The lowest BCUT2D eigenvalue weighted by Gasteiger charge is -2.13. The van der Waals surface area contributed by atoms with Crippen LogP contribution in [-0.4, -0.2) is 47.6 Å². The summed E-state index contributed by atoms with van der Waals surface area (Å²) in [5.41, 5.74) is 4.43. The predicted octanol–water partition coefficient (Wildman–Crippen LogP) is 4.58. The number of ether oxygens (including phenoxy) is 1. The van der Waals surface area contributed by atoms with Crippen molar-refractivity contribution in [1.29, 1.82) is 0 Å². The molecule has 1 N–H and O–H groups in total. The smallest absolute Gasteiger partial charge is 0.276 e. The van der Waals surface area contributed by atoms with E-state index >= 15 is 0 Å². The highest BCUT2D eigenvalue weighted by molar-refractivity contribution is 6.08. The molecule has 0 spiro atoms. The molecule has 3 rings (SSSR count). The monoisotopic (exact) mass is 460 g/mol. The summed E-state index contributed by atoms with van der Waals surface area (Å²) >= 11 is 0. The van der Waals surface area contributed by atoms with Gasteiger partial charge < -0.3 is 15.0 Å². The van der Waals surface area contributed by atoms with Crippen molar-refractivity contribution in [2.24, 2.45) is 0 Å². The topological polar surface area (TPSA) is 76.5 Å². The third-order valence-corrected chi connectivity index (χ3v) is 5.52. The van der Waals surface area contributed by atoms with Crippen LogP contribution in [-0.2, 0) is 19.4 Å². The number of nitrogens with zero attached hydrogens (tertiary/aromatic N) is 3. The van der Waals surface area contributed by atoms with Crippen LogP contribution in [0.5, 0.6) is 5.75 Å². The number of aromatic nitrogens is 2. The van der Waals surface area contributed by atoms with Crippen molar-refractivity contribution in [1.82, 2.24) is 14.7 Å². The summed E-state index contributed by atoms with van der Waals surface area (Å²) in [6.07, 6.45) is 4.76. The van der Waals surface area contributed by atoms with E-state index < -0.39 is 0 Å². The van der Waals surface area contributed by atoms with Gasteiger partial charge in [0.05, 0.1) is 13.7 Å². The SMILES string of the molecule is CCc1cccc(CC)c1NC(=O)c1cc(C(=O)/C=C/N(C)C)n(Cc2ccc(OC)cc2)n1. The molecule has 0 unspecified atom stereocenters. The number of amides is 1. The second-order valence-electron chi connectivity index (χ2n) is 8.18. The first kappa shape index (κ1) is 24.8. The minimum atomic E-state index is -0.338. The zero-order valence-corrected chi connectivity index (χ0v) is 20.5. The van der Waals surface area contributed by atoms with Crippen LogP contribution in [0.3, 0.4) is 0 Å². The Morgan fingerprint density at radius 3 is 2.26 bits per heavy atom. The minimum absolute atomic E-state index is 0.197. The molecule has 7 heteroatoms. The number of anilines is 1. The van der Waals surface area contributed by atoms with Crippen molar-refractivity contribution in [3.05, 3.63) is 88.9 Å². The average Bonchev–Trinajstić information content (AvgIpc) is 3.27. The fourth-order valence-electron chi connectivity index (χ4n) is 3.63. The van der Waals surface area contributed by atoms with Gasteiger partial charge >= 0.3 is 0 Å². The summed E-state index contributed by atoms with van der Waals surface area (Å²) in [7, 11) is 5.30. The van der Waals surface area contributed by atoms with Crippen molar-refractivity contribution in [3.8, 4) is 5.75 Å². The van der Waals surface area contributed by atoms with Gasteiger partial charge in [-0.1, -0.05) is 44.2 Å². The Labute approximate surface area is 201 Å². The molecule has 0 aliphatic heterocycles. The average molecular weight is 461 g/mol. The Hall–Kier alpha value is -3.87. The highest BCUT2D eigenvalue weighted by Crippen LogP contribution is 2.23. The fourth-order valence-corrected chi connectivity index (χ4v) is 3.63. The molecule has 0 atom stereocenters. The minimum Gasteiger partial charge on any atom is -0.497 e. The second-order valence-corrected chi connectivity index (χ2v) is 8.18. The van der Waals surface area contributed by atoms with Gasteiger partial charge in [-0.05, 0) is 41.7 Å². The molecule has 34 heavy (non-hydrogen) atoms. The van der Waals surface area contributed by atoms with Gasteiger partial charge in [0, 0.05) is 38.1 Å². The highest BCUT2D eigenvalue weighted by Gasteiger charge is 2.20. The molecule has 0 bridgehead atoms. The van der Waals surface area contributed by atoms with Crippen LogP contribution >= 0.6 is 0 Å². The number of methoxy groups -OCH3 is 1. The van der Waals surface area contributed by atoms with Crippen LogP contribution in [0.2, 0.25) is 0 Å². The lowest BCUT2D eigenvalue weighted by Crippen LogP contribution is -2.16. The number of benzene rings is 2. The summed E-state index contributed by atoms with van der Waals surface area (Å²) < 4.78 is 6.80. The molecule has 0 aliphatic rings. The number of carbonyl (C=O) groups is 2. The molecule has 0 radical (unpaired) electrons. The summed E-state index contributed by atoms with van der Waals surface area (Å²) in [5.74, 6) is 0.183. The maximum atomic E-state index is 13.2. The van der Waals surface area contributed by atoms with Gasteiger partial charge in [-0.3, -0.25) is 14.3 Å². The Balaban J connectivity index is 1.95. The lowest BCUT2D eigenvalue weighted by atomic mass is 10.0. The van der Waals surface area contributed by atoms with Gasteiger partial charge in [0.1, 0.15) is 11.4 Å². The maximum absolute atomic E-state index is 13.2. The van der Waals surface area contributed by atoms with E-state index in [1.165, 1.54) is 6.08 Å². The Kier molecular flexibility index (Phi) is 8.24. The molecule has 1 amide bonds. The van der Waals surface area contributed by atoms with Crippen LogP contribution < -0.4 is 10.1 Å². The Morgan fingerprint density at radius 2 is 1.71 bits per heavy atom. The third kappa shape index (κ3) is 5.92. The molecule has 1 aromatic heterocycles. The van der Waals surface area contributed by atoms with Crippen LogP contribution in [0.1, 0.15) is 51.5 Å². The molecule has 178 valence electrons. The van der Waals surface area contributed by atoms with E-state index in [9.17, 15) is 9.59 Å². The molecule has 0 saturated carbocycles. The molecule has 0 saturated heterocycles. The van der Waals surface area contributed by atoms with Gasteiger partial charge in [0.15, 0.2) is 5.69 Å². The normalized spacial score (nSPS) is 11.0. The number of hydrogen-bond acceptors (Lipinski definition) is 5. The molecule has 0 fully saturated rings. The zero-order chi connectivity index (χ0) is 24.7. The van der Waals surface area contributed by atoms with E-state index in [0.717, 1.165) is 41.0 Å². The van der Waals surface area contributed by atoms with Crippen LogP contribution in [0.15, 0.2) is 60.8 Å². The molecular weight excluding hydrogens is 428 g/mol. The van der Waals surface area contributed by atoms with Crippen molar-refractivity contribution >= 4 is 17.4 Å². The highest BCUT2D eigenvalue weighted by atomic mass is 16.5. The predicted molar refractivity (Wildman–Crippen MR) is 135 cm³/mol. The van der Waals surface area contributed by atoms with Gasteiger partial charge in [-0.15, -0.1) is 0 Å². The van der Waals surface area contributed by atoms with Crippen molar-refractivity contribution in [2.45, 2.75) is 33.2 Å². The van der Waals surface area contributed by atoms with Crippen molar-refractivity contribution < 1.29 is 14.3 Å². The number of hydrogen-bond donors (Lipinski definition) is 1. The van der Waals surface area contributed by atoms with Gasteiger partial charge in [0.25, 0.3) is 5.91 Å². The van der Waals surface area contributed by atoms with Gasteiger partial charge in [0.2, 0.25) is 5.78 Å². The number of aryl methyl sites for hydroxylation is 2. The molecule has 2 aromatic carbocycles. The first-order chi connectivity index (χ1) is 16.4. The summed E-state index contributed by atoms with van der Waals surface area (Å²) in [5, 5.41) is 7.55. The molecular formula is C27H32N4O3. The summed E-state index contributed by atoms with van der Waals surface area (Å²) in [4.78, 5) is 27.9. The number of rotatable bonds is 10. The number of ketones is 1. The first-order valence-corrected chi connectivity index (χ1v) is 11.4. The third-order valence-electron chi connectivity index (χ3n) is 5.52. The molecule has 1 heterocycles.